The Bertz CT molecular complexity index is 838. The smallest absolute Gasteiger partial charge is 0.526 e. The van der Waals surface area contributed by atoms with Crippen molar-refractivity contribution >= 4 is 18.9 Å². The molecule has 26 heavy (non-hydrogen) atoms. The van der Waals surface area contributed by atoms with Crippen LogP contribution in [0.4, 0.5) is 0 Å². The van der Waals surface area contributed by atoms with Crippen molar-refractivity contribution in [3.63, 3.8) is 0 Å². The minimum atomic E-state index is -1.21. The molecule has 1 atom stereocenters. The molecule has 1 heterocycles. The number of ketones is 1. The zero-order valence-corrected chi connectivity index (χ0v) is 14.2. The first kappa shape index (κ1) is 18.2. The Morgan fingerprint density at radius 3 is 2.65 bits per heavy atom. The summed E-state index contributed by atoms with van der Waals surface area (Å²) in [4.78, 5) is 23.7. The lowest BCUT2D eigenvalue weighted by atomic mass is 9.64. The molecule has 7 heteroatoms. The number of carbonyl (C=O) groups is 2. The summed E-state index contributed by atoms with van der Waals surface area (Å²) in [5.41, 5.74) is 8.18. The normalized spacial score (nSPS) is 15.9. The van der Waals surface area contributed by atoms with Crippen molar-refractivity contribution in [3.8, 4) is 5.75 Å². The van der Waals surface area contributed by atoms with Crippen molar-refractivity contribution in [2.24, 2.45) is 5.73 Å². The fraction of sp³-hybridized carbons (Fsp3) is 0.263. The first-order chi connectivity index (χ1) is 12.5. The molecule has 1 aliphatic heterocycles. The fourth-order valence-corrected chi connectivity index (χ4v) is 3.29. The van der Waals surface area contributed by atoms with E-state index >= 15 is 0 Å². The van der Waals surface area contributed by atoms with Crippen LogP contribution in [0.15, 0.2) is 42.5 Å². The van der Waals surface area contributed by atoms with E-state index in [1.54, 1.807) is 12.1 Å². The lowest BCUT2D eigenvalue weighted by Crippen LogP contribution is -2.36. The summed E-state index contributed by atoms with van der Waals surface area (Å²) in [5.74, 6) is -1.34. The Morgan fingerprint density at radius 1 is 1.19 bits per heavy atom. The maximum absolute atomic E-state index is 12.4. The van der Waals surface area contributed by atoms with E-state index in [1.807, 2.05) is 24.3 Å². The van der Waals surface area contributed by atoms with Gasteiger partial charge >= 0.3 is 13.1 Å². The first-order valence-electron chi connectivity index (χ1n) is 8.47. The highest BCUT2D eigenvalue weighted by molar-refractivity contribution is 6.47. The second-order valence-corrected chi connectivity index (χ2v) is 6.52. The van der Waals surface area contributed by atoms with Gasteiger partial charge in [0.25, 0.3) is 0 Å². The first-order valence-corrected chi connectivity index (χ1v) is 8.47. The van der Waals surface area contributed by atoms with Gasteiger partial charge in [0.15, 0.2) is 0 Å². The maximum Gasteiger partial charge on any atom is 0.526 e. The number of hydrogen-bond acceptors (Lipinski definition) is 5. The molecule has 0 aliphatic carbocycles. The number of hydrogen-bond donors (Lipinski definition) is 3. The third kappa shape index (κ3) is 3.95. The molecule has 1 unspecified atom stereocenters. The van der Waals surface area contributed by atoms with E-state index in [1.165, 1.54) is 6.07 Å². The fourth-order valence-electron chi connectivity index (χ4n) is 3.29. The summed E-state index contributed by atoms with van der Waals surface area (Å²) in [6, 6.07) is 12.4. The average molecular weight is 353 g/mol. The maximum atomic E-state index is 12.4. The van der Waals surface area contributed by atoms with Crippen LogP contribution < -0.4 is 10.4 Å². The molecule has 2 aromatic rings. The molecule has 0 spiro atoms. The second kappa shape index (κ2) is 7.72. The molecular formula is C19H20BNO5. The summed E-state index contributed by atoms with van der Waals surface area (Å²) in [6.07, 6.45) is 0.816. The number of carboxylic acids is 1. The van der Waals surface area contributed by atoms with Gasteiger partial charge in [0, 0.05) is 25.2 Å². The van der Waals surface area contributed by atoms with Crippen LogP contribution in [0.2, 0.25) is 5.82 Å². The highest BCUT2D eigenvalue weighted by Crippen LogP contribution is 2.36. The van der Waals surface area contributed by atoms with Crippen molar-refractivity contribution in [3.05, 3.63) is 64.7 Å². The zero-order chi connectivity index (χ0) is 18.7. The van der Waals surface area contributed by atoms with Crippen LogP contribution in [-0.4, -0.2) is 29.0 Å². The van der Waals surface area contributed by atoms with E-state index in [0.29, 0.717) is 18.5 Å². The number of benzene rings is 2. The highest BCUT2D eigenvalue weighted by Gasteiger charge is 2.37. The zero-order valence-electron chi connectivity index (χ0n) is 14.2. The number of nitrogens with two attached hydrogens (primary N) is 1. The molecule has 2 aromatic carbocycles. The topological polar surface area (TPSA) is 110 Å². The van der Waals surface area contributed by atoms with Crippen molar-refractivity contribution in [2.75, 3.05) is 0 Å². The summed E-state index contributed by atoms with van der Waals surface area (Å²) < 4.78 is 5.43. The Morgan fingerprint density at radius 2 is 1.92 bits per heavy atom. The van der Waals surface area contributed by atoms with Gasteiger partial charge in [-0.1, -0.05) is 36.4 Å². The van der Waals surface area contributed by atoms with Crippen molar-refractivity contribution in [1.29, 1.82) is 0 Å². The van der Waals surface area contributed by atoms with Gasteiger partial charge in [0.2, 0.25) is 0 Å². The predicted octanol–water partition coefficient (Wildman–Crippen LogP) is 1.83. The van der Waals surface area contributed by atoms with E-state index in [0.717, 1.165) is 11.1 Å². The molecule has 0 saturated heterocycles. The summed E-state index contributed by atoms with van der Waals surface area (Å²) >= 11 is 0. The lowest BCUT2D eigenvalue weighted by molar-refractivity contribution is -0.118. The van der Waals surface area contributed by atoms with E-state index in [-0.39, 0.29) is 29.9 Å². The molecule has 0 fully saturated rings. The molecule has 3 rings (SSSR count). The largest absolute Gasteiger partial charge is 0.535 e. The van der Waals surface area contributed by atoms with Crippen molar-refractivity contribution in [1.82, 2.24) is 0 Å². The third-order valence-electron chi connectivity index (χ3n) is 4.57. The van der Waals surface area contributed by atoms with Crippen molar-refractivity contribution < 1.29 is 24.4 Å². The van der Waals surface area contributed by atoms with E-state index in [4.69, 9.17) is 10.4 Å². The van der Waals surface area contributed by atoms with Gasteiger partial charge in [0.05, 0.1) is 5.56 Å². The minimum absolute atomic E-state index is 0.00957. The molecule has 0 bridgehead atoms. The van der Waals surface area contributed by atoms with Gasteiger partial charge in [-0.15, -0.1) is 0 Å². The summed E-state index contributed by atoms with van der Waals surface area (Å²) in [7, 11) is -1.21. The Labute approximate surface area is 151 Å². The Hall–Kier alpha value is -2.64. The van der Waals surface area contributed by atoms with Gasteiger partial charge < -0.3 is 20.5 Å². The molecule has 134 valence electrons. The molecule has 0 saturated carbocycles. The van der Waals surface area contributed by atoms with Crippen LogP contribution in [0.3, 0.4) is 0 Å². The van der Waals surface area contributed by atoms with Crippen LogP contribution in [0.1, 0.15) is 33.5 Å². The van der Waals surface area contributed by atoms with E-state index < -0.39 is 18.9 Å². The lowest BCUT2D eigenvalue weighted by Gasteiger charge is -2.28. The van der Waals surface area contributed by atoms with Crippen LogP contribution >= 0.6 is 0 Å². The number of fused-ring (bicyclic) bond motifs is 1. The summed E-state index contributed by atoms with van der Waals surface area (Å²) in [5, 5.41) is 19.5. The Kier molecular flexibility index (Phi) is 5.39. The number of aromatic carboxylic acids is 1. The standard InChI is InChI=1S/C19H20BNO5/c21-11-13-4-1-3-12(7-13)8-16(22)10-15-9-14-5-2-6-17(19(23)24)18(14)26-20(15)25/h1-7,15,25H,8-11,21H2,(H,23,24). The van der Waals surface area contributed by atoms with Gasteiger partial charge in [-0.2, -0.15) is 0 Å². The molecule has 1 aliphatic rings. The number of carbonyl (C=O) groups excluding carboxylic acids is 1. The van der Waals surface area contributed by atoms with Crippen molar-refractivity contribution in [2.45, 2.75) is 31.6 Å². The van der Waals surface area contributed by atoms with Crippen LogP contribution in [0, 0.1) is 0 Å². The molecule has 6 nitrogen and oxygen atoms in total. The van der Waals surface area contributed by atoms with Gasteiger partial charge in [-0.25, -0.2) is 4.79 Å². The molecule has 0 radical (unpaired) electrons. The molecule has 4 N–H and O–H groups in total. The molecule has 0 aromatic heterocycles. The second-order valence-electron chi connectivity index (χ2n) is 6.52. The van der Waals surface area contributed by atoms with Crippen LogP contribution in [0.5, 0.6) is 5.75 Å². The van der Waals surface area contributed by atoms with E-state index in [2.05, 4.69) is 0 Å². The van der Waals surface area contributed by atoms with Crippen LogP contribution in [-0.2, 0) is 24.2 Å². The average Bonchev–Trinajstić information content (AvgIpc) is 2.61. The molecular weight excluding hydrogens is 333 g/mol. The monoisotopic (exact) mass is 353 g/mol. The van der Waals surface area contributed by atoms with Gasteiger partial charge in [-0.3, -0.25) is 4.79 Å². The van der Waals surface area contributed by atoms with Crippen LogP contribution in [0.25, 0.3) is 0 Å². The Balaban J connectivity index is 1.70. The number of rotatable bonds is 6. The van der Waals surface area contributed by atoms with Gasteiger partial charge in [-0.05, 0) is 29.2 Å². The highest BCUT2D eigenvalue weighted by atomic mass is 16.5. The SMILES string of the molecule is NCc1cccc(CC(=O)CC2Cc3cccc(C(=O)O)c3OB2O)c1. The third-order valence-corrected chi connectivity index (χ3v) is 4.57. The summed E-state index contributed by atoms with van der Waals surface area (Å²) in [6.45, 7) is 0.417. The quantitative estimate of drug-likeness (QED) is 0.684. The van der Waals surface area contributed by atoms with Gasteiger partial charge in [0.1, 0.15) is 11.5 Å². The van der Waals surface area contributed by atoms with E-state index in [9.17, 15) is 19.7 Å². The number of Topliss-reactive ketones (excluding diaryl/α,β-unsaturated/α-hetero) is 1. The number of carboxylic acid groups (broad SMARTS) is 1. The minimum Gasteiger partial charge on any atom is -0.535 e. The number of para-hydroxylation sites is 1. The predicted molar refractivity (Wildman–Crippen MR) is 97.1 cm³/mol. The molecule has 0 amide bonds.